The zero-order chi connectivity index (χ0) is 23.5. The molecule has 170 valence electrons. The van der Waals surface area contributed by atoms with E-state index in [1.165, 1.54) is 14.2 Å². The molecule has 10 heteroatoms. The number of methoxy groups -OCH3 is 4. The molecule has 0 aliphatic rings. The van der Waals surface area contributed by atoms with Gasteiger partial charge in [0.15, 0.2) is 23.0 Å². The minimum absolute atomic E-state index is 0.153. The zero-order valence-corrected chi connectivity index (χ0v) is 19.3. The van der Waals surface area contributed by atoms with Crippen LogP contribution < -0.4 is 34.6 Å². The van der Waals surface area contributed by atoms with Crippen LogP contribution >= 0.6 is 11.3 Å². The van der Waals surface area contributed by atoms with E-state index < -0.39 is 5.56 Å². The summed E-state index contributed by atoms with van der Waals surface area (Å²) in [5.41, 5.74) is 0.723. The van der Waals surface area contributed by atoms with Crippen LogP contribution in [0.25, 0.3) is 11.0 Å². The van der Waals surface area contributed by atoms with Gasteiger partial charge in [-0.05, 0) is 29.8 Å². The summed E-state index contributed by atoms with van der Waals surface area (Å²) in [4.78, 5) is 29.9. The summed E-state index contributed by atoms with van der Waals surface area (Å²) in [6.45, 7) is 0. The lowest BCUT2D eigenvalue weighted by molar-refractivity contribution is 0.354. The normalized spacial score (nSPS) is 11.6. The number of aromatic nitrogens is 3. The van der Waals surface area contributed by atoms with Crippen molar-refractivity contribution in [3.05, 3.63) is 78.5 Å². The van der Waals surface area contributed by atoms with Crippen LogP contribution in [0.1, 0.15) is 16.8 Å². The van der Waals surface area contributed by atoms with Gasteiger partial charge < -0.3 is 18.9 Å². The summed E-state index contributed by atoms with van der Waals surface area (Å²) in [6.07, 6.45) is 1.86. The number of hydrogen-bond acceptors (Lipinski definition) is 9. The van der Waals surface area contributed by atoms with Crippen molar-refractivity contribution in [2.45, 2.75) is 6.42 Å². The van der Waals surface area contributed by atoms with Crippen molar-refractivity contribution in [2.24, 2.45) is 0 Å². The number of fused-ring (bicyclic) bond motifs is 1. The van der Waals surface area contributed by atoms with Crippen molar-refractivity contribution < 1.29 is 18.9 Å². The molecule has 4 aromatic rings. The molecule has 0 spiro atoms. The molecule has 0 atom stereocenters. The number of rotatable bonds is 7. The molecule has 0 aliphatic carbocycles. The number of nitrogens with zero attached hydrogens (tertiary/aromatic N) is 3. The van der Waals surface area contributed by atoms with Crippen LogP contribution in [0.15, 0.2) is 46.0 Å². The predicted octanol–water partition coefficient (Wildman–Crippen LogP) is 1.68. The molecule has 0 amide bonds. The van der Waals surface area contributed by atoms with Crippen LogP contribution in [0.3, 0.4) is 0 Å². The van der Waals surface area contributed by atoms with Crippen molar-refractivity contribution in [3.8, 4) is 23.0 Å². The fraction of sp³-hybridized carbons (Fsp3) is 0.217. The predicted molar refractivity (Wildman–Crippen MR) is 124 cm³/mol. The third-order valence-electron chi connectivity index (χ3n) is 4.99. The molecule has 0 N–H and O–H groups in total. The van der Waals surface area contributed by atoms with Gasteiger partial charge in [0.2, 0.25) is 4.96 Å². The van der Waals surface area contributed by atoms with Crippen LogP contribution in [0.2, 0.25) is 0 Å². The first-order chi connectivity index (χ1) is 16.0. The Morgan fingerprint density at radius 3 is 2.39 bits per heavy atom. The van der Waals surface area contributed by atoms with E-state index in [2.05, 4.69) is 10.1 Å². The van der Waals surface area contributed by atoms with E-state index in [0.717, 1.165) is 21.4 Å². The molecule has 2 heterocycles. The van der Waals surface area contributed by atoms with Crippen molar-refractivity contribution in [1.29, 1.82) is 0 Å². The molecule has 2 aromatic heterocycles. The number of hydrogen-bond donors (Lipinski definition) is 0. The highest BCUT2D eigenvalue weighted by Gasteiger charge is 2.14. The minimum atomic E-state index is -0.489. The second-order valence-electron chi connectivity index (χ2n) is 6.92. The van der Waals surface area contributed by atoms with E-state index >= 15 is 0 Å². The molecule has 0 radical (unpaired) electrons. The summed E-state index contributed by atoms with van der Waals surface area (Å²) in [7, 11) is 6.15. The van der Waals surface area contributed by atoms with Crippen molar-refractivity contribution in [1.82, 2.24) is 14.6 Å². The van der Waals surface area contributed by atoms with Gasteiger partial charge in [0.1, 0.15) is 5.69 Å². The third kappa shape index (κ3) is 4.24. The Balaban J connectivity index is 1.78. The lowest BCUT2D eigenvalue weighted by atomic mass is 10.1. The van der Waals surface area contributed by atoms with Crippen molar-refractivity contribution in [2.75, 3.05) is 28.4 Å². The zero-order valence-electron chi connectivity index (χ0n) is 18.4. The van der Waals surface area contributed by atoms with Gasteiger partial charge >= 0.3 is 0 Å². The van der Waals surface area contributed by atoms with Gasteiger partial charge in [-0.25, -0.2) is 0 Å². The fourth-order valence-electron chi connectivity index (χ4n) is 3.40. The summed E-state index contributed by atoms with van der Waals surface area (Å²) in [5, 5.41) is 4.30. The van der Waals surface area contributed by atoms with E-state index in [0.29, 0.717) is 33.1 Å². The number of thiazole rings is 1. The summed E-state index contributed by atoms with van der Waals surface area (Å²) < 4.78 is 22.8. The second kappa shape index (κ2) is 9.29. The Morgan fingerprint density at radius 1 is 0.939 bits per heavy atom. The minimum Gasteiger partial charge on any atom is -0.493 e. The molecule has 2 aromatic carbocycles. The van der Waals surface area contributed by atoms with Crippen LogP contribution in [0.5, 0.6) is 23.0 Å². The first-order valence-corrected chi connectivity index (χ1v) is 10.7. The van der Waals surface area contributed by atoms with Gasteiger partial charge in [0, 0.05) is 12.0 Å². The van der Waals surface area contributed by atoms with Crippen molar-refractivity contribution >= 4 is 22.4 Å². The Hall–Kier alpha value is -3.92. The van der Waals surface area contributed by atoms with Crippen LogP contribution in [-0.4, -0.2) is 43.0 Å². The second-order valence-corrected chi connectivity index (χ2v) is 7.93. The molecule has 33 heavy (non-hydrogen) atoms. The highest BCUT2D eigenvalue weighted by atomic mass is 32.1. The Morgan fingerprint density at radius 2 is 1.70 bits per heavy atom. The Kier molecular flexibility index (Phi) is 6.27. The maximum absolute atomic E-state index is 13.0. The lowest BCUT2D eigenvalue weighted by Gasteiger charge is -2.09. The average molecular weight is 468 g/mol. The summed E-state index contributed by atoms with van der Waals surface area (Å²) >= 11 is 1.08. The van der Waals surface area contributed by atoms with Crippen molar-refractivity contribution in [3.63, 3.8) is 0 Å². The van der Waals surface area contributed by atoms with Crippen LogP contribution in [-0.2, 0) is 6.42 Å². The first-order valence-electron chi connectivity index (χ1n) is 9.85. The van der Waals surface area contributed by atoms with E-state index in [-0.39, 0.29) is 22.6 Å². The van der Waals surface area contributed by atoms with Crippen LogP contribution in [0, 0.1) is 0 Å². The SMILES string of the molecule is COc1ccc(Cc2nn3c(=O)/c(=C\c4cccc(OC)c4OC)sc3nc2=O)cc1OC. The fourth-order valence-corrected chi connectivity index (χ4v) is 4.30. The molecule has 0 bridgehead atoms. The molecule has 0 saturated heterocycles. The molecule has 4 rings (SSSR count). The van der Waals surface area contributed by atoms with E-state index in [9.17, 15) is 9.59 Å². The van der Waals surface area contributed by atoms with E-state index in [4.69, 9.17) is 18.9 Å². The first kappa shape index (κ1) is 22.3. The Bertz CT molecular complexity index is 1490. The monoisotopic (exact) mass is 467 g/mol. The van der Waals surface area contributed by atoms with E-state index in [1.54, 1.807) is 56.7 Å². The molecular formula is C23H21N3O6S. The van der Waals surface area contributed by atoms with Gasteiger partial charge in [-0.3, -0.25) is 9.59 Å². The maximum Gasteiger partial charge on any atom is 0.296 e. The highest BCUT2D eigenvalue weighted by Crippen LogP contribution is 2.31. The van der Waals surface area contributed by atoms with Gasteiger partial charge in [-0.15, -0.1) is 0 Å². The average Bonchev–Trinajstić information content (AvgIpc) is 3.12. The lowest BCUT2D eigenvalue weighted by Crippen LogP contribution is -2.28. The van der Waals surface area contributed by atoms with Gasteiger partial charge in [0.25, 0.3) is 11.1 Å². The van der Waals surface area contributed by atoms with E-state index in [1.807, 2.05) is 0 Å². The number of ether oxygens (including phenoxy) is 4. The quantitative estimate of drug-likeness (QED) is 0.405. The standard InChI is InChI=1S/C23H21N3O6S/c1-29-16-9-8-13(11-18(16)31-3)10-15-21(27)24-23-26(25-15)22(28)19(33-23)12-14-6-5-7-17(30-2)20(14)32-4/h5-9,11-12H,10H2,1-4H3/b19-12+. The van der Waals surface area contributed by atoms with Crippen LogP contribution in [0.4, 0.5) is 0 Å². The number of para-hydroxylation sites is 1. The molecular weight excluding hydrogens is 446 g/mol. The molecule has 0 fully saturated rings. The molecule has 0 saturated carbocycles. The van der Waals surface area contributed by atoms with Gasteiger partial charge in [-0.2, -0.15) is 14.6 Å². The van der Waals surface area contributed by atoms with Gasteiger partial charge in [0.05, 0.1) is 33.0 Å². The third-order valence-corrected chi connectivity index (χ3v) is 5.95. The summed E-state index contributed by atoms with van der Waals surface area (Å²) in [5.74, 6) is 2.16. The molecule has 0 unspecified atom stereocenters. The largest absolute Gasteiger partial charge is 0.493 e. The Labute approximate surface area is 192 Å². The topological polar surface area (TPSA) is 101 Å². The summed E-state index contributed by atoms with van der Waals surface area (Å²) in [6, 6.07) is 10.7. The number of benzene rings is 2. The molecule has 9 nitrogen and oxygen atoms in total. The smallest absolute Gasteiger partial charge is 0.296 e. The maximum atomic E-state index is 13.0. The highest BCUT2D eigenvalue weighted by molar-refractivity contribution is 7.15. The molecule has 0 aliphatic heterocycles. The van der Waals surface area contributed by atoms with Gasteiger partial charge in [-0.1, -0.05) is 29.5 Å².